The van der Waals surface area contributed by atoms with E-state index in [1.807, 2.05) is 18.7 Å². The summed E-state index contributed by atoms with van der Waals surface area (Å²) < 4.78 is 69.3. The third kappa shape index (κ3) is 5.78. The largest absolute Gasteiger partial charge is 0.433 e. The van der Waals surface area contributed by atoms with Gasteiger partial charge < -0.3 is 10.2 Å². The molecule has 3 aromatic rings. The van der Waals surface area contributed by atoms with Gasteiger partial charge in [-0.25, -0.2) is 19.7 Å². The Bertz CT molecular complexity index is 1570. The highest BCUT2D eigenvalue weighted by Gasteiger charge is 2.41. The van der Waals surface area contributed by atoms with Crippen LogP contribution < -0.4 is 14.9 Å². The number of halogens is 4. The fraction of sp³-hybridized carbons (Fsp3) is 0.385. The molecular formula is C26H26BrF3N6O3S. The van der Waals surface area contributed by atoms with E-state index in [-0.39, 0.29) is 23.0 Å². The molecular weight excluding hydrogens is 613 g/mol. The maximum absolute atomic E-state index is 13.5. The van der Waals surface area contributed by atoms with Gasteiger partial charge in [0.15, 0.2) is 5.03 Å². The standard InChI is InChI=1S/C26H26BrF3N6O3S/c1-25(2)13-15-9-11-18(17-5-3-6-19(31-17)26(28,29)30)32-21-7-4-8-22(34-21)40(38,39)35-24(37)16-10-12-20(27)33-23(16)36(25)14-15/h3-8,10,12,15,18H,9,11,13-14H2,1-2H3,(H,32,34)(H,35,37)/t15-,18+/m0/s1. The van der Waals surface area contributed by atoms with Crippen LogP contribution >= 0.6 is 15.9 Å². The summed E-state index contributed by atoms with van der Waals surface area (Å²) >= 11 is 3.35. The molecule has 5 rings (SSSR count). The quantitative estimate of drug-likeness (QED) is 0.344. The van der Waals surface area contributed by atoms with Crippen molar-refractivity contribution in [2.24, 2.45) is 5.92 Å². The fourth-order valence-corrected chi connectivity index (χ4v) is 6.55. The normalized spacial score (nSPS) is 22.4. The number of anilines is 2. The number of rotatable bonds is 1. The van der Waals surface area contributed by atoms with Crippen LogP contribution in [-0.4, -0.2) is 41.4 Å². The van der Waals surface area contributed by atoms with Crippen LogP contribution in [0.3, 0.4) is 0 Å². The average molecular weight is 639 g/mol. The van der Waals surface area contributed by atoms with Gasteiger partial charge in [-0.2, -0.15) is 21.6 Å². The molecule has 0 aliphatic carbocycles. The van der Waals surface area contributed by atoms with Crippen molar-refractivity contribution >= 4 is 43.5 Å². The van der Waals surface area contributed by atoms with Gasteiger partial charge in [0, 0.05) is 12.1 Å². The van der Waals surface area contributed by atoms with Crippen LogP contribution in [0.1, 0.15) is 60.9 Å². The third-order valence-corrected chi connectivity index (χ3v) is 8.80. The molecule has 9 nitrogen and oxygen atoms in total. The number of carbonyl (C=O) groups excluding carboxylic acids is 1. The van der Waals surface area contributed by atoms with E-state index in [0.29, 0.717) is 29.8 Å². The Morgan fingerprint density at radius 3 is 2.52 bits per heavy atom. The third-order valence-electron chi connectivity index (χ3n) is 7.13. The van der Waals surface area contributed by atoms with Crippen LogP contribution in [0.4, 0.5) is 24.8 Å². The lowest BCUT2D eigenvalue weighted by molar-refractivity contribution is -0.141. The summed E-state index contributed by atoms with van der Waals surface area (Å²) in [6.07, 6.45) is -2.89. The minimum atomic E-state index is -4.62. The summed E-state index contributed by atoms with van der Waals surface area (Å²) in [5, 5.41) is 2.66. The van der Waals surface area contributed by atoms with Crippen molar-refractivity contribution in [3.63, 3.8) is 0 Å². The van der Waals surface area contributed by atoms with Gasteiger partial charge in [-0.15, -0.1) is 0 Å². The van der Waals surface area contributed by atoms with Gasteiger partial charge in [0.25, 0.3) is 15.9 Å². The minimum absolute atomic E-state index is 0.0932. The van der Waals surface area contributed by atoms with E-state index in [0.717, 1.165) is 12.5 Å². The highest BCUT2D eigenvalue weighted by molar-refractivity contribution is 9.10. The Labute approximate surface area is 237 Å². The van der Waals surface area contributed by atoms with Crippen molar-refractivity contribution in [3.05, 3.63) is 70.1 Å². The Morgan fingerprint density at radius 1 is 1.02 bits per heavy atom. The van der Waals surface area contributed by atoms with Crippen molar-refractivity contribution in [2.45, 2.75) is 55.9 Å². The Morgan fingerprint density at radius 2 is 1.77 bits per heavy atom. The maximum Gasteiger partial charge on any atom is 0.433 e. The predicted octanol–water partition coefficient (Wildman–Crippen LogP) is 5.32. The van der Waals surface area contributed by atoms with Gasteiger partial charge in [-0.3, -0.25) is 4.79 Å². The number of aromatic nitrogens is 3. The van der Waals surface area contributed by atoms with Crippen LogP contribution in [0.5, 0.6) is 0 Å². The summed E-state index contributed by atoms with van der Waals surface area (Å²) in [6, 6.07) is 10.3. The molecule has 0 aromatic carbocycles. The SMILES string of the molecule is CC1(C)C[C@@H]2CC[C@H](c3cccc(C(F)(F)F)n3)Nc3cccc(n3)S(=O)(=O)NC(=O)c3ccc(Br)nc3N1C2. The molecule has 212 valence electrons. The van der Waals surface area contributed by atoms with Crippen molar-refractivity contribution in [1.29, 1.82) is 0 Å². The van der Waals surface area contributed by atoms with Gasteiger partial charge in [0.1, 0.15) is 21.9 Å². The van der Waals surface area contributed by atoms with Gasteiger partial charge >= 0.3 is 6.18 Å². The predicted molar refractivity (Wildman–Crippen MR) is 145 cm³/mol. The molecule has 14 heteroatoms. The van der Waals surface area contributed by atoms with E-state index >= 15 is 0 Å². The summed E-state index contributed by atoms with van der Waals surface area (Å²) in [6.45, 7) is 4.53. The lowest BCUT2D eigenvalue weighted by atomic mass is 9.91. The van der Waals surface area contributed by atoms with Gasteiger partial charge in [0.05, 0.1) is 17.3 Å². The van der Waals surface area contributed by atoms with Crippen LogP contribution in [-0.2, 0) is 16.2 Å². The number of nitrogens with zero attached hydrogens (tertiary/aromatic N) is 4. The molecule has 2 aliphatic heterocycles. The smallest absolute Gasteiger partial charge is 0.362 e. The first-order valence-electron chi connectivity index (χ1n) is 12.5. The number of hydrogen-bond acceptors (Lipinski definition) is 8. The van der Waals surface area contributed by atoms with Crippen molar-refractivity contribution in [2.75, 3.05) is 16.8 Å². The first-order chi connectivity index (χ1) is 18.7. The number of hydrogen-bond donors (Lipinski definition) is 2. The number of carbonyl (C=O) groups is 1. The van der Waals surface area contributed by atoms with E-state index in [1.54, 1.807) is 6.07 Å². The lowest BCUT2D eigenvalue weighted by Crippen LogP contribution is -2.41. The number of pyridine rings is 3. The van der Waals surface area contributed by atoms with E-state index in [4.69, 9.17) is 0 Å². The Balaban J connectivity index is 1.61. The van der Waals surface area contributed by atoms with E-state index < -0.39 is 44.4 Å². The van der Waals surface area contributed by atoms with Crippen molar-refractivity contribution in [3.8, 4) is 0 Å². The molecule has 1 amide bonds. The number of nitrogens with one attached hydrogen (secondary N) is 2. The first kappa shape index (κ1) is 28.3. The monoisotopic (exact) mass is 638 g/mol. The highest BCUT2D eigenvalue weighted by atomic mass is 79.9. The van der Waals surface area contributed by atoms with E-state index in [2.05, 4.69) is 40.9 Å². The topological polar surface area (TPSA) is 117 Å². The molecule has 2 N–H and O–H groups in total. The number of fused-ring (bicyclic) bond motifs is 6. The van der Waals surface area contributed by atoms with Gasteiger partial charge in [-0.1, -0.05) is 12.1 Å². The fourth-order valence-electron chi connectivity index (χ4n) is 5.31. The van der Waals surface area contributed by atoms with Gasteiger partial charge in [-0.05, 0) is 91.4 Å². The molecule has 1 saturated heterocycles. The first-order valence-corrected chi connectivity index (χ1v) is 14.8. The molecule has 40 heavy (non-hydrogen) atoms. The molecule has 1 fully saturated rings. The lowest BCUT2D eigenvalue weighted by Gasteiger charge is -2.33. The van der Waals surface area contributed by atoms with Crippen molar-refractivity contribution < 1.29 is 26.4 Å². The number of alkyl halides is 3. The molecule has 0 spiro atoms. The molecule has 4 bridgehead atoms. The zero-order valence-electron chi connectivity index (χ0n) is 21.5. The zero-order chi connectivity index (χ0) is 28.9. The molecule has 0 saturated carbocycles. The molecule has 5 heterocycles. The minimum Gasteiger partial charge on any atom is -0.362 e. The summed E-state index contributed by atoms with van der Waals surface area (Å²) in [4.78, 5) is 27.8. The molecule has 0 unspecified atom stereocenters. The number of amides is 1. The second kappa shape index (κ2) is 10.3. The van der Waals surface area contributed by atoms with Crippen molar-refractivity contribution in [1.82, 2.24) is 19.7 Å². The van der Waals surface area contributed by atoms with Crippen LogP contribution in [0.2, 0.25) is 0 Å². The van der Waals surface area contributed by atoms with Crippen LogP contribution in [0, 0.1) is 5.92 Å². The second-order valence-corrected chi connectivity index (χ2v) is 13.0. The van der Waals surface area contributed by atoms with Crippen LogP contribution in [0.25, 0.3) is 0 Å². The molecule has 2 atom stereocenters. The molecule has 2 aliphatic rings. The van der Waals surface area contributed by atoms with Gasteiger partial charge in [0.2, 0.25) is 0 Å². The summed E-state index contributed by atoms with van der Waals surface area (Å²) in [7, 11) is -4.41. The Hall–Kier alpha value is -3.26. The van der Waals surface area contributed by atoms with E-state index in [1.165, 1.54) is 36.4 Å². The highest BCUT2D eigenvalue weighted by Crippen LogP contribution is 2.41. The molecule has 3 aromatic heterocycles. The van der Waals surface area contributed by atoms with E-state index in [9.17, 15) is 26.4 Å². The molecule has 0 radical (unpaired) electrons. The second-order valence-electron chi connectivity index (χ2n) is 10.5. The maximum atomic E-state index is 13.5. The number of sulfonamides is 1. The summed E-state index contributed by atoms with van der Waals surface area (Å²) in [5.41, 5.74) is -1.20. The Kier molecular flexibility index (Phi) is 7.27. The zero-order valence-corrected chi connectivity index (χ0v) is 23.9. The summed E-state index contributed by atoms with van der Waals surface area (Å²) in [5.74, 6) is -0.292. The van der Waals surface area contributed by atoms with Crippen LogP contribution in [0.15, 0.2) is 58.2 Å². The average Bonchev–Trinajstić information content (AvgIpc) is 3.19.